The van der Waals surface area contributed by atoms with Crippen molar-refractivity contribution in [2.75, 3.05) is 4.90 Å². The molecular weight excluding hydrogens is 370 g/mol. The second-order valence-electron chi connectivity index (χ2n) is 5.57. The van der Waals surface area contributed by atoms with E-state index < -0.39 is 0 Å². The SMILES string of the molecule is O=C1/C(=C\c2cccc3ccccc23)SC(=S)N1c1cccc(Cl)c1. The molecular formula is C20H12ClNOS2. The molecule has 0 N–H and O–H groups in total. The van der Waals surface area contributed by atoms with Crippen molar-refractivity contribution >= 4 is 68.3 Å². The molecule has 3 aromatic rings. The van der Waals surface area contributed by atoms with Gasteiger partial charge in [-0.15, -0.1) is 0 Å². The topological polar surface area (TPSA) is 20.3 Å². The normalized spacial score (nSPS) is 16.2. The van der Waals surface area contributed by atoms with E-state index in [1.54, 1.807) is 12.1 Å². The molecule has 0 atom stereocenters. The monoisotopic (exact) mass is 381 g/mol. The molecule has 0 unspecified atom stereocenters. The van der Waals surface area contributed by atoms with Crippen LogP contribution in [0.3, 0.4) is 0 Å². The molecule has 25 heavy (non-hydrogen) atoms. The van der Waals surface area contributed by atoms with Crippen molar-refractivity contribution in [2.24, 2.45) is 0 Å². The number of thioether (sulfide) groups is 1. The zero-order valence-electron chi connectivity index (χ0n) is 13.0. The molecule has 5 heteroatoms. The van der Waals surface area contributed by atoms with Gasteiger partial charge in [0.2, 0.25) is 0 Å². The summed E-state index contributed by atoms with van der Waals surface area (Å²) < 4.78 is 0.513. The number of carbonyl (C=O) groups is 1. The fourth-order valence-electron chi connectivity index (χ4n) is 2.82. The first-order valence-electron chi connectivity index (χ1n) is 7.65. The van der Waals surface area contributed by atoms with Crippen molar-refractivity contribution in [3.63, 3.8) is 0 Å². The predicted molar refractivity (Wildman–Crippen MR) is 111 cm³/mol. The van der Waals surface area contributed by atoms with Crippen molar-refractivity contribution in [1.82, 2.24) is 0 Å². The fourth-order valence-corrected chi connectivity index (χ4v) is 4.30. The number of hydrogen-bond donors (Lipinski definition) is 0. The Labute approximate surface area is 160 Å². The highest BCUT2D eigenvalue weighted by Crippen LogP contribution is 2.37. The highest BCUT2D eigenvalue weighted by atomic mass is 35.5. The summed E-state index contributed by atoms with van der Waals surface area (Å²) in [6.45, 7) is 0. The summed E-state index contributed by atoms with van der Waals surface area (Å²) in [5.41, 5.74) is 1.70. The Morgan fingerprint density at radius 1 is 1.00 bits per heavy atom. The van der Waals surface area contributed by atoms with E-state index in [-0.39, 0.29) is 5.91 Å². The van der Waals surface area contributed by atoms with Crippen molar-refractivity contribution in [1.29, 1.82) is 0 Å². The van der Waals surface area contributed by atoms with Crippen LogP contribution in [0.5, 0.6) is 0 Å². The first-order valence-corrected chi connectivity index (χ1v) is 9.25. The van der Waals surface area contributed by atoms with Gasteiger partial charge in [-0.3, -0.25) is 9.69 Å². The fraction of sp³-hybridized carbons (Fsp3) is 0. The highest BCUT2D eigenvalue weighted by Gasteiger charge is 2.33. The minimum atomic E-state index is -0.120. The smallest absolute Gasteiger partial charge is 0.268 e. The average Bonchev–Trinajstić information content (AvgIpc) is 2.89. The maximum Gasteiger partial charge on any atom is 0.270 e. The molecule has 122 valence electrons. The number of halogens is 1. The number of rotatable bonds is 2. The van der Waals surface area contributed by atoms with Gasteiger partial charge in [0, 0.05) is 5.02 Å². The molecule has 1 amide bonds. The van der Waals surface area contributed by atoms with Crippen molar-refractivity contribution in [3.8, 4) is 0 Å². The summed E-state index contributed by atoms with van der Waals surface area (Å²) in [6, 6.07) is 21.3. The van der Waals surface area contributed by atoms with E-state index in [2.05, 4.69) is 18.2 Å². The number of fused-ring (bicyclic) bond motifs is 1. The van der Waals surface area contributed by atoms with E-state index in [0.717, 1.165) is 16.3 Å². The molecule has 0 bridgehead atoms. The Balaban J connectivity index is 1.75. The molecule has 0 spiro atoms. The maximum atomic E-state index is 12.9. The Morgan fingerprint density at radius 2 is 1.76 bits per heavy atom. The van der Waals surface area contributed by atoms with Crippen LogP contribution in [0.15, 0.2) is 71.6 Å². The molecule has 3 aromatic carbocycles. The average molecular weight is 382 g/mol. The number of benzene rings is 3. The lowest BCUT2D eigenvalue weighted by Crippen LogP contribution is -2.27. The lowest BCUT2D eigenvalue weighted by molar-refractivity contribution is -0.113. The van der Waals surface area contributed by atoms with E-state index in [9.17, 15) is 4.79 Å². The van der Waals surface area contributed by atoms with E-state index in [1.165, 1.54) is 16.7 Å². The molecule has 1 fully saturated rings. The van der Waals surface area contributed by atoms with Crippen LogP contribution in [0.4, 0.5) is 5.69 Å². The molecule has 0 radical (unpaired) electrons. The number of hydrogen-bond acceptors (Lipinski definition) is 3. The van der Waals surface area contributed by atoms with E-state index in [0.29, 0.717) is 19.9 Å². The second kappa shape index (κ2) is 6.64. The molecule has 1 aliphatic heterocycles. The maximum absolute atomic E-state index is 12.9. The number of carbonyl (C=O) groups excluding carboxylic acids is 1. The quantitative estimate of drug-likeness (QED) is 0.407. The van der Waals surface area contributed by atoms with Gasteiger partial charge < -0.3 is 0 Å². The predicted octanol–water partition coefficient (Wildman–Crippen LogP) is 5.90. The van der Waals surface area contributed by atoms with E-state index in [1.807, 2.05) is 42.5 Å². The molecule has 1 saturated heterocycles. The Kier molecular flexibility index (Phi) is 4.34. The van der Waals surface area contributed by atoms with Gasteiger partial charge in [0.1, 0.15) is 0 Å². The van der Waals surface area contributed by atoms with Crippen molar-refractivity contribution in [3.05, 3.63) is 82.2 Å². The van der Waals surface area contributed by atoms with Crippen LogP contribution in [0.2, 0.25) is 5.02 Å². The van der Waals surface area contributed by atoms with Crippen LogP contribution in [0, 0.1) is 0 Å². The van der Waals surface area contributed by atoms with Gasteiger partial charge in [0.15, 0.2) is 4.32 Å². The summed E-state index contributed by atoms with van der Waals surface area (Å²) in [5, 5.41) is 2.82. The standard InChI is InChI=1S/C20H12ClNOS2/c21-15-8-4-9-16(12-15)22-19(23)18(25-20(22)24)11-14-7-3-6-13-5-1-2-10-17(13)14/h1-12H/b18-11+. The Morgan fingerprint density at radius 3 is 2.60 bits per heavy atom. The molecule has 2 nitrogen and oxygen atoms in total. The minimum absolute atomic E-state index is 0.120. The molecule has 4 rings (SSSR count). The van der Waals surface area contributed by atoms with Gasteiger partial charge in [0.25, 0.3) is 5.91 Å². The van der Waals surface area contributed by atoms with Crippen LogP contribution in [-0.4, -0.2) is 10.2 Å². The zero-order chi connectivity index (χ0) is 17.4. The van der Waals surface area contributed by atoms with Gasteiger partial charge in [-0.2, -0.15) is 0 Å². The van der Waals surface area contributed by atoms with Gasteiger partial charge in [0.05, 0.1) is 10.6 Å². The van der Waals surface area contributed by atoms with E-state index in [4.69, 9.17) is 23.8 Å². The third-order valence-corrected chi connectivity index (χ3v) is 5.51. The van der Waals surface area contributed by atoms with Gasteiger partial charge >= 0.3 is 0 Å². The summed E-state index contributed by atoms with van der Waals surface area (Å²) in [6.07, 6.45) is 1.91. The minimum Gasteiger partial charge on any atom is -0.268 e. The van der Waals surface area contributed by atoms with Crippen LogP contribution >= 0.6 is 35.6 Å². The second-order valence-corrected chi connectivity index (χ2v) is 7.68. The first-order chi connectivity index (χ1) is 12.1. The third kappa shape index (κ3) is 3.09. The highest BCUT2D eigenvalue weighted by molar-refractivity contribution is 8.27. The zero-order valence-corrected chi connectivity index (χ0v) is 15.4. The molecule has 0 aromatic heterocycles. The number of nitrogens with zero attached hydrogens (tertiary/aromatic N) is 1. The lowest BCUT2D eigenvalue weighted by atomic mass is 10.0. The van der Waals surface area contributed by atoms with Crippen molar-refractivity contribution in [2.45, 2.75) is 0 Å². The molecule has 1 aliphatic rings. The van der Waals surface area contributed by atoms with Crippen LogP contribution in [-0.2, 0) is 4.79 Å². The largest absolute Gasteiger partial charge is 0.270 e. The molecule has 0 saturated carbocycles. The summed E-state index contributed by atoms with van der Waals surface area (Å²) >= 11 is 12.8. The summed E-state index contributed by atoms with van der Waals surface area (Å²) in [5.74, 6) is -0.120. The van der Waals surface area contributed by atoms with Crippen LogP contribution in [0.1, 0.15) is 5.56 Å². The first kappa shape index (κ1) is 16.3. The van der Waals surface area contributed by atoms with Gasteiger partial charge in [-0.05, 0) is 40.6 Å². The lowest BCUT2D eigenvalue weighted by Gasteiger charge is -2.14. The number of amides is 1. The molecule has 1 heterocycles. The van der Waals surface area contributed by atoms with Crippen LogP contribution < -0.4 is 4.90 Å². The van der Waals surface area contributed by atoms with Crippen molar-refractivity contribution < 1.29 is 4.79 Å². The Hall–Kier alpha value is -2.14. The summed E-state index contributed by atoms with van der Waals surface area (Å²) in [7, 11) is 0. The third-order valence-electron chi connectivity index (χ3n) is 3.97. The summed E-state index contributed by atoms with van der Waals surface area (Å²) in [4.78, 5) is 15.0. The van der Waals surface area contributed by atoms with Crippen LogP contribution in [0.25, 0.3) is 16.8 Å². The number of anilines is 1. The number of thiocarbonyl (C=S) groups is 1. The van der Waals surface area contributed by atoms with Gasteiger partial charge in [-0.1, -0.05) is 84.1 Å². The Bertz CT molecular complexity index is 1040. The van der Waals surface area contributed by atoms with Gasteiger partial charge in [-0.25, -0.2) is 0 Å². The van der Waals surface area contributed by atoms with E-state index >= 15 is 0 Å². The molecule has 0 aliphatic carbocycles.